The summed E-state index contributed by atoms with van der Waals surface area (Å²) < 4.78 is 27.8. The molecule has 0 aromatic heterocycles. The summed E-state index contributed by atoms with van der Waals surface area (Å²) in [6, 6.07) is 15.4. The summed E-state index contributed by atoms with van der Waals surface area (Å²) in [7, 11) is -4.53. The predicted molar refractivity (Wildman–Crippen MR) is 156 cm³/mol. The number of nitrogens with two attached hydrogens (primary N) is 1. The van der Waals surface area contributed by atoms with Crippen LogP contribution in [0.25, 0.3) is 10.8 Å². The second-order valence-corrected chi connectivity index (χ2v) is 12.2. The highest BCUT2D eigenvalue weighted by atomic mass is 32.2. The third-order valence-corrected chi connectivity index (χ3v) is 8.89. The number of likely N-dealkylation sites (tertiary alicyclic amines) is 1. The molecule has 1 fully saturated rings. The lowest BCUT2D eigenvalue weighted by Gasteiger charge is -2.35. The van der Waals surface area contributed by atoms with Crippen LogP contribution in [0.15, 0.2) is 71.6 Å². The van der Waals surface area contributed by atoms with Crippen LogP contribution in [-0.2, 0) is 30.6 Å². The number of hydrogen-bond acceptors (Lipinski definition) is 7. The Kier molecular flexibility index (Phi) is 9.31. The van der Waals surface area contributed by atoms with E-state index < -0.39 is 50.3 Å². The third-order valence-electron chi connectivity index (χ3n) is 6.93. The highest BCUT2D eigenvalue weighted by molar-refractivity contribution is 7.96. The van der Waals surface area contributed by atoms with Crippen molar-refractivity contribution < 1.29 is 32.7 Å². The van der Waals surface area contributed by atoms with Gasteiger partial charge in [-0.2, -0.15) is 0 Å². The maximum Gasteiger partial charge on any atom is 0.326 e. The molecule has 0 spiro atoms. The fourth-order valence-corrected chi connectivity index (χ4v) is 6.41. The Hall–Kier alpha value is -3.94. The highest BCUT2D eigenvalue weighted by Crippen LogP contribution is 2.25. The van der Waals surface area contributed by atoms with E-state index >= 15 is 0 Å². The van der Waals surface area contributed by atoms with Crippen molar-refractivity contribution in [3.63, 3.8) is 0 Å². The molecular weight excluding hydrogens is 568 g/mol. The van der Waals surface area contributed by atoms with Gasteiger partial charge in [0.05, 0.1) is 10.9 Å². The largest absolute Gasteiger partial charge is 0.480 e. The molecule has 1 aliphatic heterocycles. The van der Waals surface area contributed by atoms with Crippen LogP contribution in [0.3, 0.4) is 0 Å². The lowest BCUT2D eigenvalue weighted by atomic mass is 10.0. The standard InChI is InChI=1S/C28H30N4O7S2/c29-22(15-17-8-11-20(12-9-17)30-28(37)40)24(33)31-25(26(34)32-14-4-3-7-23(32)27(35)36)41(38,39)21-13-10-18-5-1-2-6-19(18)16-21/h1-2,5-6,8-13,16,22-23,25H,3-4,7,14-15,29H2,(H,31,33)(H,35,36)(H2,30,37,40)/t22-,23?,25?/m0/s1. The van der Waals surface area contributed by atoms with E-state index in [0.717, 1.165) is 10.3 Å². The van der Waals surface area contributed by atoms with Crippen LogP contribution in [0.4, 0.5) is 10.5 Å². The number of hydrogen-bond donors (Lipinski definition) is 5. The number of thiol groups is 1. The average Bonchev–Trinajstić information content (AvgIpc) is 2.95. The first kappa shape index (κ1) is 30.0. The normalized spacial score (nSPS) is 16.9. The van der Waals surface area contributed by atoms with Gasteiger partial charge >= 0.3 is 5.97 Å². The Morgan fingerprint density at radius 1 is 1.00 bits per heavy atom. The SMILES string of the molecule is N[C@@H](Cc1ccc(NC(=O)S)cc1)C(=O)NC(C(=O)N1CCCCC1C(=O)O)S(=O)(=O)c1ccc2ccccc2c1. The van der Waals surface area contributed by atoms with Gasteiger partial charge in [0.2, 0.25) is 21.1 Å². The van der Waals surface area contributed by atoms with Crippen molar-refractivity contribution in [2.24, 2.45) is 5.73 Å². The van der Waals surface area contributed by atoms with E-state index in [4.69, 9.17) is 5.73 Å². The molecule has 5 N–H and O–H groups in total. The Balaban J connectivity index is 1.63. The number of carbonyl (C=O) groups excluding carboxylic acids is 3. The second kappa shape index (κ2) is 12.7. The molecule has 3 amide bonds. The molecule has 11 nitrogen and oxygen atoms in total. The number of nitrogens with one attached hydrogen (secondary N) is 2. The number of piperidine rings is 1. The van der Waals surface area contributed by atoms with E-state index in [1.54, 1.807) is 54.6 Å². The van der Waals surface area contributed by atoms with Crippen molar-refractivity contribution >= 4 is 61.9 Å². The summed E-state index contributed by atoms with van der Waals surface area (Å²) in [5.74, 6) is -3.18. The van der Waals surface area contributed by atoms with Gasteiger partial charge < -0.3 is 26.4 Å². The molecular formula is C28H30N4O7S2. The molecule has 1 saturated heterocycles. The fraction of sp³-hybridized carbons (Fsp3) is 0.286. The maximum atomic E-state index is 13.9. The zero-order valence-corrected chi connectivity index (χ0v) is 23.6. The number of fused-ring (bicyclic) bond motifs is 1. The summed E-state index contributed by atoms with van der Waals surface area (Å²) in [6.07, 6.45) is 1.23. The highest BCUT2D eigenvalue weighted by Gasteiger charge is 2.43. The van der Waals surface area contributed by atoms with Crippen LogP contribution in [0.1, 0.15) is 24.8 Å². The number of rotatable bonds is 9. The van der Waals surface area contributed by atoms with Gasteiger partial charge in [-0.05, 0) is 66.3 Å². The lowest BCUT2D eigenvalue weighted by Crippen LogP contribution is -2.59. The summed E-state index contributed by atoms with van der Waals surface area (Å²) in [6.45, 7) is 0.0383. The molecule has 0 saturated carbocycles. The van der Waals surface area contributed by atoms with Gasteiger partial charge in [0.1, 0.15) is 6.04 Å². The van der Waals surface area contributed by atoms with E-state index in [1.807, 2.05) is 0 Å². The third kappa shape index (κ3) is 7.04. The number of amides is 3. The number of carboxylic acids is 1. The topological polar surface area (TPSA) is 176 Å². The summed E-state index contributed by atoms with van der Waals surface area (Å²) >= 11 is 3.65. The monoisotopic (exact) mass is 598 g/mol. The number of aliphatic carboxylic acids is 1. The molecule has 4 rings (SSSR count). The average molecular weight is 599 g/mol. The van der Waals surface area contributed by atoms with Crippen molar-refractivity contribution in [1.29, 1.82) is 0 Å². The van der Waals surface area contributed by atoms with E-state index in [2.05, 4.69) is 23.3 Å². The first-order chi connectivity index (χ1) is 19.5. The number of benzene rings is 3. The van der Waals surface area contributed by atoms with Crippen LogP contribution in [0, 0.1) is 0 Å². The van der Waals surface area contributed by atoms with E-state index in [1.165, 1.54) is 12.1 Å². The molecule has 3 aromatic carbocycles. The molecule has 3 aromatic rings. The zero-order valence-electron chi connectivity index (χ0n) is 21.9. The Morgan fingerprint density at radius 2 is 1.68 bits per heavy atom. The van der Waals surface area contributed by atoms with Gasteiger partial charge in [-0.3, -0.25) is 14.4 Å². The molecule has 0 aliphatic carbocycles. The number of carbonyl (C=O) groups is 4. The van der Waals surface area contributed by atoms with Crippen LogP contribution in [0.5, 0.6) is 0 Å². The predicted octanol–water partition coefficient (Wildman–Crippen LogP) is 2.55. The van der Waals surface area contributed by atoms with Crippen molar-refractivity contribution in [3.05, 3.63) is 72.3 Å². The lowest BCUT2D eigenvalue weighted by molar-refractivity contribution is -0.152. The Morgan fingerprint density at radius 3 is 2.34 bits per heavy atom. The molecule has 41 heavy (non-hydrogen) atoms. The van der Waals surface area contributed by atoms with Gasteiger partial charge in [0, 0.05) is 12.2 Å². The number of carboxylic acid groups (broad SMARTS) is 1. The molecule has 0 bridgehead atoms. The van der Waals surface area contributed by atoms with E-state index in [9.17, 15) is 32.7 Å². The number of anilines is 1. The quantitative estimate of drug-likeness (QED) is 0.234. The summed E-state index contributed by atoms with van der Waals surface area (Å²) in [5, 5.41) is 13.3. The van der Waals surface area contributed by atoms with Gasteiger partial charge in [-0.15, -0.1) is 0 Å². The molecule has 13 heteroatoms. The molecule has 0 radical (unpaired) electrons. The minimum absolute atomic E-state index is 0.000662. The van der Waals surface area contributed by atoms with Crippen LogP contribution < -0.4 is 16.4 Å². The summed E-state index contributed by atoms with van der Waals surface area (Å²) in [5.41, 5.74) is 7.22. The molecule has 216 valence electrons. The number of nitrogens with zero attached hydrogens (tertiary/aromatic N) is 1. The van der Waals surface area contributed by atoms with Gasteiger partial charge in [0.25, 0.3) is 11.1 Å². The number of sulfone groups is 1. The Bertz CT molecular complexity index is 1580. The Labute approximate surface area is 242 Å². The van der Waals surface area contributed by atoms with E-state index in [0.29, 0.717) is 29.5 Å². The van der Waals surface area contributed by atoms with Crippen molar-refractivity contribution in [2.45, 2.75) is 48.0 Å². The fourth-order valence-electron chi connectivity index (χ4n) is 4.79. The molecule has 3 atom stereocenters. The molecule has 1 aliphatic rings. The smallest absolute Gasteiger partial charge is 0.326 e. The zero-order chi connectivity index (χ0) is 29.7. The van der Waals surface area contributed by atoms with E-state index in [-0.39, 0.29) is 24.3 Å². The van der Waals surface area contributed by atoms with Crippen molar-refractivity contribution in [2.75, 3.05) is 11.9 Å². The second-order valence-electron chi connectivity index (χ2n) is 9.76. The van der Waals surface area contributed by atoms with Gasteiger partial charge in [0.15, 0.2) is 0 Å². The van der Waals surface area contributed by atoms with Gasteiger partial charge in [-0.1, -0.05) is 55.1 Å². The first-order valence-electron chi connectivity index (χ1n) is 12.9. The molecule has 1 heterocycles. The summed E-state index contributed by atoms with van der Waals surface area (Å²) in [4.78, 5) is 50.8. The molecule has 2 unspecified atom stereocenters. The maximum absolute atomic E-state index is 13.9. The minimum atomic E-state index is -4.53. The first-order valence-corrected chi connectivity index (χ1v) is 14.9. The van der Waals surface area contributed by atoms with Crippen LogP contribution >= 0.6 is 12.6 Å². The van der Waals surface area contributed by atoms with Crippen molar-refractivity contribution in [1.82, 2.24) is 10.2 Å². The van der Waals surface area contributed by atoms with Crippen LogP contribution in [0.2, 0.25) is 0 Å². The van der Waals surface area contributed by atoms with Crippen molar-refractivity contribution in [3.8, 4) is 0 Å². The van der Waals surface area contributed by atoms with Gasteiger partial charge in [-0.25, -0.2) is 13.2 Å². The minimum Gasteiger partial charge on any atom is -0.480 e. The van der Waals surface area contributed by atoms with Crippen LogP contribution in [-0.4, -0.2) is 65.4 Å².